The molecule has 3 saturated heterocycles. The van der Waals surface area contributed by atoms with Crippen LogP contribution in [0.3, 0.4) is 0 Å². The Kier molecular flexibility index (Phi) is 4.98. The van der Waals surface area contributed by atoms with E-state index in [2.05, 4.69) is 10.6 Å². The van der Waals surface area contributed by atoms with Crippen molar-refractivity contribution in [3.05, 3.63) is 34.4 Å². The molecule has 152 valence electrons. The van der Waals surface area contributed by atoms with Gasteiger partial charge in [-0.1, -0.05) is 0 Å². The highest BCUT2D eigenvalue weighted by molar-refractivity contribution is 7.89. The summed E-state index contributed by atoms with van der Waals surface area (Å²) in [5, 5.41) is 17.0. The molecule has 3 heterocycles. The number of hydrogen-bond donors (Lipinski definition) is 2. The van der Waals surface area contributed by atoms with E-state index in [9.17, 15) is 23.3 Å². The highest BCUT2D eigenvalue weighted by atomic mass is 32.2. The van der Waals surface area contributed by atoms with Crippen molar-refractivity contribution in [1.29, 1.82) is 0 Å². The first-order chi connectivity index (χ1) is 13.4. The molecule has 1 aromatic carbocycles. The molecule has 2 unspecified atom stereocenters. The number of carbonyl (C=O) groups is 1. The lowest BCUT2D eigenvalue weighted by molar-refractivity contribution is -0.384. The second-order valence-electron chi connectivity index (χ2n) is 7.41. The van der Waals surface area contributed by atoms with Crippen LogP contribution < -0.4 is 10.6 Å². The molecule has 0 spiro atoms. The van der Waals surface area contributed by atoms with Gasteiger partial charge in [-0.05, 0) is 44.5 Å². The Morgan fingerprint density at radius 1 is 1.11 bits per heavy atom. The van der Waals surface area contributed by atoms with Crippen LogP contribution in [0.4, 0.5) is 10.5 Å². The van der Waals surface area contributed by atoms with Gasteiger partial charge in [0.2, 0.25) is 10.0 Å². The van der Waals surface area contributed by atoms with Crippen molar-refractivity contribution in [2.24, 2.45) is 0 Å². The molecule has 28 heavy (non-hydrogen) atoms. The highest BCUT2D eigenvalue weighted by Gasteiger charge is 2.47. The Hall–Kier alpha value is -2.24. The van der Waals surface area contributed by atoms with Crippen LogP contribution in [0.25, 0.3) is 0 Å². The van der Waals surface area contributed by atoms with Gasteiger partial charge in [0.1, 0.15) is 0 Å². The molecule has 0 radical (unpaired) electrons. The molecule has 3 fully saturated rings. The van der Waals surface area contributed by atoms with Gasteiger partial charge in [0.25, 0.3) is 5.69 Å². The number of amides is 2. The molecule has 11 heteroatoms. The van der Waals surface area contributed by atoms with E-state index in [0.29, 0.717) is 13.0 Å². The Balaban J connectivity index is 1.49. The normalized spacial score (nSPS) is 26.7. The SMILES string of the molecule is O=C1NC2CN(S(=O)(=O)c3ccc([N+](=O)[O-])cc3)CCC2N1C1CCNCC1. The smallest absolute Gasteiger partial charge is 0.318 e. The van der Waals surface area contributed by atoms with Crippen molar-refractivity contribution in [2.45, 2.75) is 42.3 Å². The van der Waals surface area contributed by atoms with Gasteiger partial charge in [-0.2, -0.15) is 4.31 Å². The summed E-state index contributed by atoms with van der Waals surface area (Å²) in [4.78, 5) is 24.7. The lowest BCUT2D eigenvalue weighted by Crippen LogP contribution is -2.55. The van der Waals surface area contributed by atoms with E-state index >= 15 is 0 Å². The molecule has 0 bridgehead atoms. The van der Waals surface area contributed by atoms with Crippen LogP contribution in [-0.4, -0.2) is 72.9 Å². The zero-order valence-corrected chi connectivity index (χ0v) is 16.1. The van der Waals surface area contributed by atoms with E-state index < -0.39 is 14.9 Å². The van der Waals surface area contributed by atoms with E-state index in [0.717, 1.165) is 25.9 Å². The molecule has 0 saturated carbocycles. The summed E-state index contributed by atoms with van der Waals surface area (Å²) in [5.41, 5.74) is -0.154. The molecule has 1 aromatic rings. The van der Waals surface area contributed by atoms with Crippen LogP contribution in [0.5, 0.6) is 0 Å². The van der Waals surface area contributed by atoms with Crippen molar-refractivity contribution in [3.8, 4) is 0 Å². The first-order valence-electron chi connectivity index (χ1n) is 9.42. The maximum Gasteiger partial charge on any atom is 0.318 e. The summed E-state index contributed by atoms with van der Waals surface area (Å²) in [6.07, 6.45) is 2.38. The van der Waals surface area contributed by atoms with Gasteiger partial charge in [-0.25, -0.2) is 13.2 Å². The second kappa shape index (κ2) is 7.30. The minimum atomic E-state index is -3.77. The predicted octanol–water partition coefficient (Wildman–Crippen LogP) is 0.504. The van der Waals surface area contributed by atoms with Crippen LogP contribution in [-0.2, 0) is 10.0 Å². The molecule has 0 aromatic heterocycles. The topological polar surface area (TPSA) is 125 Å². The fraction of sp³-hybridized carbons (Fsp3) is 0.588. The van der Waals surface area contributed by atoms with Gasteiger partial charge in [0, 0.05) is 31.3 Å². The van der Waals surface area contributed by atoms with Gasteiger partial charge < -0.3 is 15.5 Å². The number of rotatable bonds is 4. The lowest BCUT2D eigenvalue weighted by Gasteiger charge is -2.40. The number of nitro groups is 1. The average Bonchev–Trinajstić information content (AvgIpc) is 3.03. The third-order valence-electron chi connectivity index (χ3n) is 5.83. The van der Waals surface area contributed by atoms with E-state index in [-0.39, 0.29) is 41.3 Å². The molecule has 2 atom stereocenters. The number of nitrogens with one attached hydrogen (secondary N) is 2. The zero-order chi connectivity index (χ0) is 19.9. The van der Waals surface area contributed by atoms with Crippen LogP contribution >= 0.6 is 0 Å². The predicted molar refractivity (Wildman–Crippen MR) is 100 cm³/mol. The first-order valence-corrected chi connectivity index (χ1v) is 10.9. The van der Waals surface area contributed by atoms with Crippen molar-refractivity contribution >= 4 is 21.7 Å². The zero-order valence-electron chi connectivity index (χ0n) is 15.3. The number of nitro benzene ring substituents is 1. The number of nitrogens with zero attached hydrogens (tertiary/aromatic N) is 3. The molecule has 3 aliphatic rings. The monoisotopic (exact) mass is 409 g/mol. The molecule has 2 amide bonds. The average molecular weight is 409 g/mol. The number of piperidine rings is 2. The Bertz CT molecular complexity index is 868. The van der Waals surface area contributed by atoms with Crippen molar-refractivity contribution < 1.29 is 18.1 Å². The van der Waals surface area contributed by atoms with Gasteiger partial charge in [-0.3, -0.25) is 10.1 Å². The summed E-state index contributed by atoms with van der Waals surface area (Å²) >= 11 is 0. The van der Waals surface area contributed by atoms with E-state index in [1.807, 2.05) is 4.90 Å². The van der Waals surface area contributed by atoms with Crippen LogP contribution in [0.2, 0.25) is 0 Å². The maximum atomic E-state index is 12.9. The number of urea groups is 1. The molecule has 4 rings (SSSR count). The fourth-order valence-corrected chi connectivity index (χ4v) is 5.88. The second-order valence-corrected chi connectivity index (χ2v) is 9.35. The van der Waals surface area contributed by atoms with Gasteiger partial charge in [0.05, 0.1) is 21.9 Å². The number of sulfonamides is 1. The van der Waals surface area contributed by atoms with E-state index in [4.69, 9.17) is 0 Å². The largest absolute Gasteiger partial charge is 0.332 e. The number of hydrogen-bond acceptors (Lipinski definition) is 6. The molecule has 0 aliphatic carbocycles. The summed E-state index contributed by atoms with van der Waals surface area (Å²) in [5.74, 6) is 0. The summed E-state index contributed by atoms with van der Waals surface area (Å²) in [6.45, 7) is 2.28. The minimum Gasteiger partial charge on any atom is -0.332 e. The molecule has 3 aliphatic heterocycles. The van der Waals surface area contributed by atoms with Crippen LogP contribution in [0, 0.1) is 10.1 Å². The summed E-state index contributed by atoms with van der Waals surface area (Å²) < 4.78 is 27.2. The minimum absolute atomic E-state index is 0.00101. The number of benzene rings is 1. The molecule has 10 nitrogen and oxygen atoms in total. The number of carbonyl (C=O) groups excluding carboxylic acids is 1. The lowest BCUT2D eigenvalue weighted by atomic mass is 9.97. The van der Waals surface area contributed by atoms with Gasteiger partial charge >= 0.3 is 6.03 Å². The molecule has 2 N–H and O–H groups in total. The van der Waals surface area contributed by atoms with Crippen molar-refractivity contribution in [3.63, 3.8) is 0 Å². The molecular formula is C17H23N5O5S. The van der Waals surface area contributed by atoms with Crippen molar-refractivity contribution in [2.75, 3.05) is 26.2 Å². The first kappa shape index (κ1) is 19.1. The fourth-order valence-electron chi connectivity index (χ4n) is 4.40. The molecular weight excluding hydrogens is 386 g/mol. The summed E-state index contributed by atoms with van der Waals surface area (Å²) in [6, 6.07) is 4.72. The Morgan fingerprint density at radius 2 is 1.79 bits per heavy atom. The Labute approximate surface area is 163 Å². The van der Waals surface area contributed by atoms with E-state index in [1.165, 1.54) is 28.6 Å². The van der Waals surface area contributed by atoms with Gasteiger partial charge in [-0.15, -0.1) is 0 Å². The standard InChI is InChI=1S/C17H23N5O5S/c23-17-19-15-11-20(10-7-16(15)21(17)12-5-8-18-9-6-12)28(26,27)14-3-1-13(2-4-14)22(24)25/h1-4,12,15-16,18H,5-11H2,(H,19,23). The number of non-ortho nitro benzene ring substituents is 1. The van der Waals surface area contributed by atoms with Gasteiger partial charge in [0.15, 0.2) is 0 Å². The summed E-state index contributed by atoms with van der Waals surface area (Å²) in [7, 11) is -3.77. The quantitative estimate of drug-likeness (QED) is 0.551. The van der Waals surface area contributed by atoms with Crippen LogP contribution in [0.15, 0.2) is 29.2 Å². The number of fused-ring (bicyclic) bond motifs is 1. The van der Waals surface area contributed by atoms with E-state index in [1.54, 1.807) is 0 Å². The highest BCUT2D eigenvalue weighted by Crippen LogP contribution is 2.30. The van der Waals surface area contributed by atoms with Crippen molar-refractivity contribution in [1.82, 2.24) is 19.8 Å². The Morgan fingerprint density at radius 3 is 2.43 bits per heavy atom. The van der Waals surface area contributed by atoms with Crippen LogP contribution in [0.1, 0.15) is 19.3 Å². The third-order valence-corrected chi connectivity index (χ3v) is 7.71. The maximum absolute atomic E-state index is 12.9. The third kappa shape index (κ3) is 3.33.